The normalized spacial score (nSPS) is 10.2. The Morgan fingerprint density at radius 3 is 2.47 bits per heavy atom. The molecule has 94 valence electrons. The van der Waals surface area contributed by atoms with Crippen molar-refractivity contribution in [1.29, 1.82) is 0 Å². The third-order valence-corrected chi connectivity index (χ3v) is 2.37. The highest BCUT2D eigenvalue weighted by Gasteiger charge is 2.02. The van der Waals surface area contributed by atoms with E-state index in [0.717, 1.165) is 11.3 Å². The van der Waals surface area contributed by atoms with Crippen LogP contribution in [0.15, 0.2) is 24.3 Å². The topological polar surface area (TPSA) is 35.5 Å². The number of carbonyl (C=O) groups is 1. The molecule has 0 aromatic heterocycles. The van der Waals surface area contributed by atoms with Crippen LogP contribution in [0.2, 0.25) is 0 Å². The Labute approximate surface area is 107 Å². The second-order valence-electron chi connectivity index (χ2n) is 3.45. The van der Waals surface area contributed by atoms with E-state index < -0.39 is 0 Å². The number of hydrogen-bond acceptors (Lipinski definition) is 3. The SMILES string of the molecule is CCC(=O)c1ccc(OCCOCCCl)cc1. The van der Waals surface area contributed by atoms with Gasteiger partial charge in [-0.1, -0.05) is 6.92 Å². The molecular formula is C13H17ClO3. The molecule has 0 aliphatic rings. The van der Waals surface area contributed by atoms with Gasteiger partial charge in [0.15, 0.2) is 5.78 Å². The predicted molar refractivity (Wildman–Crippen MR) is 68.1 cm³/mol. The van der Waals surface area contributed by atoms with Gasteiger partial charge in [0, 0.05) is 17.9 Å². The van der Waals surface area contributed by atoms with E-state index in [-0.39, 0.29) is 5.78 Å². The molecule has 1 aromatic rings. The van der Waals surface area contributed by atoms with Crippen LogP contribution < -0.4 is 4.74 Å². The minimum absolute atomic E-state index is 0.141. The molecule has 0 aliphatic heterocycles. The van der Waals surface area contributed by atoms with Crippen molar-refractivity contribution in [1.82, 2.24) is 0 Å². The predicted octanol–water partition coefficient (Wildman–Crippen LogP) is 2.91. The zero-order chi connectivity index (χ0) is 12.5. The van der Waals surface area contributed by atoms with Crippen LogP contribution in [0.25, 0.3) is 0 Å². The number of ether oxygens (including phenoxy) is 2. The fourth-order valence-electron chi connectivity index (χ4n) is 1.32. The number of ketones is 1. The molecule has 0 N–H and O–H groups in total. The van der Waals surface area contributed by atoms with Crippen LogP contribution >= 0.6 is 11.6 Å². The zero-order valence-electron chi connectivity index (χ0n) is 9.95. The molecule has 0 saturated heterocycles. The quantitative estimate of drug-likeness (QED) is 0.408. The molecule has 3 nitrogen and oxygen atoms in total. The van der Waals surface area contributed by atoms with Gasteiger partial charge in [-0.25, -0.2) is 0 Å². The number of rotatable bonds is 8. The van der Waals surface area contributed by atoms with E-state index in [0.29, 0.717) is 32.1 Å². The molecule has 1 rings (SSSR count). The van der Waals surface area contributed by atoms with Crippen molar-refractivity contribution in [3.8, 4) is 5.75 Å². The first-order valence-electron chi connectivity index (χ1n) is 5.67. The molecule has 0 aliphatic carbocycles. The highest BCUT2D eigenvalue weighted by Crippen LogP contribution is 2.13. The number of halogens is 1. The van der Waals surface area contributed by atoms with Crippen LogP contribution in [-0.4, -0.2) is 31.5 Å². The summed E-state index contributed by atoms with van der Waals surface area (Å²) in [5.41, 5.74) is 0.721. The van der Waals surface area contributed by atoms with Crippen LogP contribution in [0.5, 0.6) is 5.75 Å². The van der Waals surface area contributed by atoms with E-state index in [1.807, 2.05) is 6.92 Å². The average molecular weight is 257 g/mol. The van der Waals surface area contributed by atoms with Crippen LogP contribution in [0.3, 0.4) is 0 Å². The van der Waals surface area contributed by atoms with Gasteiger partial charge in [-0.05, 0) is 24.3 Å². The minimum atomic E-state index is 0.141. The van der Waals surface area contributed by atoms with E-state index in [4.69, 9.17) is 21.1 Å². The molecule has 0 heterocycles. The van der Waals surface area contributed by atoms with Gasteiger partial charge in [0.05, 0.1) is 13.2 Å². The Morgan fingerprint density at radius 2 is 1.88 bits per heavy atom. The summed E-state index contributed by atoms with van der Waals surface area (Å²) in [6, 6.07) is 7.15. The lowest BCUT2D eigenvalue weighted by atomic mass is 10.1. The molecular weight excluding hydrogens is 240 g/mol. The van der Waals surface area contributed by atoms with Crippen LogP contribution in [0, 0.1) is 0 Å². The van der Waals surface area contributed by atoms with Crippen LogP contribution in [-0.2, 0) is 4.74 Å². The zero-order valence-corrected chi connectivity index (χ0v) is 10.7. The summed E-state index contributed by atoms with van der Waals surface area (Å²) in [4.78, 5) is 11.4. The number of carbonyl (C=O) groups excluding carboxylic acids is 1. The fourth-order valence-corrected chi connectivity index (χ4v) is 1.43. The fraction of sp³-hybridized carbons (Fsp3) is 0.462. The molecule has 0 atom stereocenters. The lowest BCUT2D eigenvalue weighted by Crippen LogP contribution is -2.08. The second-order valence-corrected chi connectivity index (χ2v) is 3.83. The van der Waals surface area contributed by atoms with Gasteiger partial charge in [0.1, 0.15) is 12.4 Å². The third-order valence-electron chi connectivity index (χ3n) is 2.22. The van der Waals surface area contributed by atoms with E-state index in [9.17, 15) is 4.79 Å². The van der Waals surface area contributed by atoms with Crippen molar-refractivity contribution in [2.75, 3.05) is 25.7 Å². The first-order valence-corrected chi connectivity index (χ1v) is 6.21. The summed E-state index contributed by atoms with van der Waals surface area (Å²) < 4.78 is 10.6. The van der Waals surface area contributed by atoms with Gasteiger partial charge < -0.3 is 9.47 Å². The molecule has 0 fully saturated rings. The third kappa shape index (κ3) is 5.20. The molecule has 0 unspecified atom stereocenters. The summed E-state index contributed by atoms with van der Waals surface area (Å²) in [6.45, 7) is 3.39. The Kier molecular flexibility index (Phi) is 6.67. The lowest BCUT2D eigenvalue weighted by Gasteiger charge is -2.06. The summed E-state index contributed by atoms with van der Waals surface area (Å²) in [6.07, 6.45) is 0.520. The van der Waals surface area contributed by atoms with Gasteiger partial charge in [-0.3, -0.25) is 4.79 Å². The number of alkyl halides is 1. The maximum Gasteiger partial charge on any atom is 0.162 e. The van der Waals surface area contributed by atoms with Gasteiger partial charge >= 0.3 is 0 Å². The van der Waals surface area contributed by atoms with Gasteiger partial charge in [-0.2, -0.15) is 0 Å². The summed E-state index contributed by atoms with van der Waals surface area (Å²) >= 11 is 5.46. The Hall–Kier alpha value is -1.06. The van der Waals surface area contributed by atoms with E-state index in [2.05, 4.69) is 0 Å². The first-order chi connectivity index (χ1) is 8.27. The van der Waals surface area contributed by atoms with Gasteiger partial charge in [-0.15, -0.1) is 11.6 Å². The van der Waals surface area contributed by atoms with Crippen molar-refractivity contribution in [3.05, 3.63) is 29.8 Å². The van der Waals surface area contributed by atoms with E-state index in [1.54, 1.807) is 24.3 Å². The van der Waals surface area contributed by atoms with Crippen molar-refractivity contribution in [2.24, 2.45) is 0 Å². The van der Waals surface area contributed by atoms with Gasteiger partial charge in [0.2, 0.25) is 0 Å². The monoisotopic (exact) mass is 256 g/mol. The van der Waals surface area contributed by atoms with E-state index in [1.165, 1.54) is 0 Å². The van der Waals surface area contributed by atoms with Crippen molar-refractivity contribution >= 4 is 17.4 Å². The lowest BCUT2D eigenvalue weighted by molar-refractivity contribution is 0.0987. The summed E-state index contributed by atoms with van der Waals surface area (Å²) in [5.74, 6) is 1.38. The number of benzene rings is 1. The number of Topliss-reactive ketones (excluding diaryl/α,β-unsaturated/α-hetero) is 1. The minimum Gasteiger partial charge on any atom is -0.491 e. The standard InChI is InChI=1S/C13H17ClO3/c1-2-13(15)11-3-5-12(6-4-11)17-10-9-16-8-7-14/h3-6H,2,7-10H2,1H3. The smallest absolute Gasteiger partial charge is 0.162 e. The highest BCUT2D eigenvalue weighted by atomic mass is 35.5. The first kappa shape index (κ1) is 14.0. The second kappa shape index (κ2) is 8.09. The molecule has 0 spiro atoms. The number of hydrogen-bond donors (Lipinski definition) is 0. The van der Waals surface area contributed by atoms with Crippen molar-refractivity contribution in [3.63, 3.8) is 0 Å². The molecule has 4 heteroatoms. The maximum atomic E-state index is 11.4. The Balaban J connectivity index is 2.33. The Bertz CT molecular complexity index is 335. The molecule has 0 amide bonds. The van der Waals surface area contributed by atoms with Crippen LogP contribution in [0.4, 0.5) is 0 Å². The summed E-state index contributed by atoms with van der Waals surface area (Å²) in [5, 5.41) is 0. The molecule has 17 heavy (non-hydrogen) atoms. The van der Waals surface area contributed by atoms with Crippen molar-refractivity contribution in [2.45, 2.75) is 13.3 Å². The van der Waals surface area contributed by atoms with Gasteiger partial charge in [0.25, 0.3) is 0 Å². The maximum absolute atomic E-state index is 11.4. The largest absolute Gasteiger partial charge is 0.491 e. The van der Waals surface area contributed by atoms with Crippen LogP contribution in [0.1, 0.15) is 23.7 Å². The molecule has 0 saturated carbocycles. The molecule has 0 bridgehead atoms. The summed E-state index contributed by atoms with van der Waals surface area (Å²) in [7, 11) is 0. The highest BCUT2D eigenvalue weighted by molar-refractivity contribution is 6.17. The van der Waals surface area contributed by atoms with Crippen molar-refractivity contribution < 1.29 is 14.3 Å². The average Bonchev–Trinajstić information content (AvgIpc) is 2.38. The molecule has 1 aromatic carbocycles. The van der Waals surface area contributed by atoms with E-state index >= 15 is 0 Å². The molecule has 0 radical (unpaired) electrons. The Morgan fingerprint density at radius 1 is 1.18 bits per heavy atom.